The van der Waals surface area contributed by atoms with Gasteiger partial charge in [-0.1, -0.05) is 5.57 Å². The quantitative estimate of drug-likeness (QED) is 0.401. The van der Waals surface area contributed by atoms with Crippen molar-refractivity contribution >= 4 is 0 Å². The molecular formula is C11H22N2O. The van der Waals surface area contributed by atoms with Crippen LogP contribution < -0.4 is 11.3 Å². The van der Waals surface area contributed by atoms with Crippen molar-refractivity contribution in [3.05, 3.63) is 12.2 Å². The van der Waals surface area contributed by atoms with Gasteiger partial charge in [-0.25, -0.2) is 0 Å². The number of rotatable bonds is 5. The maximum Gasteiger partial charge on any atom is 0.0591 e. The lowest BCUT2D eigenvalue weighted by atomic mass is 9.90. The van der Waals surface area contributed by atoms with Gasteiger partial charge >= 0.3 is 0 Å². The molecule has 0 aromatic carbocycles. The summed E-state index contributed by atoms with van der Waals surface area (Å²) in [6, 6.07) is 0.365. The topological polar surface area (TPSA) is 47.3 Å². The van der Waals surface area contributed by atoms with E-state index in [9.17, 15) is 0 Å². The molecule has 14 heavy (non-hydrogen) atoms. The molecule has 1 aliphatic rings. The number of allylic oxidation sites excluding steroid dienone is 1. The second-order valence-corrected chi connectivity index (χ2v) is 4.30. The summed E-state index contributed by atoms with van der Waals surface area (Å²) in [4.78, 5) is 0. The molecule has 0 saturated carbocycles. The predicted molar refractivity (Wildman–Crippen MR) is 58.7 cm³/mol. The third kappa shape index (κ3) is 3.08. The first-order chi connectivity index (χ1) is 6.65. The van der Waals surface area contributed by atoms with Crippen LogP contribution in [0.1, 0.15) is 33.1 Å². The van der Waals surface area contributed by atoms with Crippen molar-refractivity contribution in [1.82, 2.24) is 5.43 Å². The molecule has 3 N–H and O–H groups in total. The SMILES string of the molecule is C=C(C)CCC(NN)C1CCOC1C. The Labute approximate surface area is 86.7 Å². The van der Waals surface area contributed by atoms with E-state index >= 15 is 0 Å². The first-order valence-corrected chi connectivity index (χ1v) is 5.37. The second kappa shape index (κ2) is 5.49. The second-order valence-electron chi connectivity index (χ2n) is 4.30. The summed E-state index contributed by atoms with van der Waals surface area (Å²) >= 11 is 0. The average molecular weight is 198 g/mol. The van der Waals surface area contributed by atoms with Gasteiger partial charge in [-0.2, -0.15) is 0 Å². The zero-order valence-corrected chi connectivity index (χ0v) is 9.25. The van der Waals surface area contributed by atoms with Crippen LogP contribution in [0.5, 0.6) is 0 Å². The summed E-state index contributed by atoms with van der Waals surface area (Å²) in [6.07, 6.45) is 3.55. The Balaban J connectivity index is 2.40. The fourth-order valence-electron chi connectivity index (χ4n) is 2.10. The number of nitrogens with one attached hydrogen (secondary N) is 1. The van der Waals surface area contributed by atoms with E-state index in [0.717, 1.165) is 25.9 Å². The van der Waals surface area contributed by atoms with Gasteiger partial charge in [0.15, 0.2) is 0 Å². The lowest BCUT2D eigenvalue weighted by Gasteiger charge is -2.25. The Bertz CT molecular complexity index is 194. The van der Waals surface area contributed by atoms with Gasteiger partial charge in [-0.05, 0) is 33.1 Å². The first kappa shape index (κ1) is 11.7. The molecule has 3 nitrogen and oxygen atoms in total. The van der Waals surface area contributed by atoms with Crippen LogP contribution in [-0.2, 0) is 4.74 Å². The summed E-state index contributed by atoms with van der Waals surface area (Å²) in [6.45, 7) is 8.96. The smallest absolute Gasteiger partial charge is 0.0591 e. The van der Waals surface area contributed by atoms with Crippen molar-refractivity contribution in [2.45, 2.75) is 45.3 Å². The standard InChI is InChI=1S/C11H22N2O/c1-8(2)4-5-11(13-12)10-6-7-14-9(10)3/h9-11,13H,1,4-7,12H2,2-3H3. The van der Waals surface area contributed by atoms with Crippen LogP contribution in [0.25, 0.3) is 0 Å². The van der Waals surface area contributed by atoms with E-state index in [1.54, 1.807) is 0 Å². The minimum Gasteiger partial charge on any atom is -0.378 e. The highest BCUT2D eigenvalue weighted by Crippen LogP contribution is 2.26. The highest BCUT2D eigenvalue weighted by atomic mass is 16.5. The van der Waals surface area contributed by atoms with E-state index in [2.05, 4.69) is 25.9 Å². The largest absolute Gasteiger partial charge is 0.378 e. The maximum atomic E-state index is 5.57. The molecule has 1 rings (SSSR count). The molecule has 82 valence electrons. The zero-order chi connectivity index (χ0) is 10.6. The molecule has 3 atom stereocenters. The van der Waals surface area contributed by atoms with E-state index in [0.29, 0.717) is 18.1 Å². The van der Waals surface area contributed by atoms with Crippen molar-refractivity contribution in [1.29, 1.82) is 0 Å². The molecule has 3 unspecified atom stereocenters. The Hall–Kier alpha value is -0.380. The summed E-state index contributed by atoms with van der Waals surface area (Å²) in [5, 5.41) is 0. The van der Waals surface area contributed by atoms with Crippen LogP contribution >= 0.6 is 0 Å². The molecule has 0 aromatic rings. The molecule has 1 fully saturated rings. The average Bonchev–Trinajstić information content (AvgIpc) is 2.53. The van der Waals surface area contributed by atoms with E-state index in [1.807, 2.05) is 0 Å². The van der Waals surface area contributed by atoms with Gasteiger partial charge in [0.2, 0.25) is 0 Å². The Morgan fingerprint density at radius 1 is 1.71 bits per heavy atom. The fourth-order valence-corrected chi connectivity index (χ4v) is 2.10. The molecule has 1 heterocycles. The number of hydrogen-bond donors (Lipinski definition) is 2. The van der Waals surface area contributed by atoms with Crippen molar-refractivity contribution in [3.8, 4) is 0 Å². The minimum atomic E-state index is 0.334. The summed E-state index contributed by atoms with van der Waals surface area (Å²) in [7, 11) is 0. The van der Waals surface area contributed by atoms with Crippen LogP contribution in [0.4, 0.5) is 0 Å². The number of hydrogen-bond acceptors (Lipinski definition) is 3. The van der Waals surface area contributed by atoms with E-state index in [1.165, 1.54) is 5.57 Å². The third-order valence-corrected chi connectivity index (χ3v) is 3.05. The van der Waals surface area contributed by atoms with E-state index in [-0.39, 0.29) is 0 Å². The van der Waals surface area contributed by atoms with Gasteiger partial charge in [0.25, 0.3) is 0 Å². The Morgan fingerprint density at radius 2 is 2.43 bits per heavy atom. The molecule has 0 aromatic heterocycles. The Morgan fingerprint density at radius 3 is 2.86 bits per heavy atom. The van der Waals surface area contributed by atoms with E-state index < -0.39 is 0 Å². The molecule has 0 radical (unpaired) electrons. The van der Waals surface area contributed by atoms with Crippen molar-refractivity contribution < 1.29 is 4.74 Å². The third-order valence-electron chi connectivity index (χ3n) is 3.05. The number of hydrazine groups is 1. The maximum absolute atomic E-state index is 5.57. The van der Waals surface area contributed by atoms with Crippen LogP contribution in [0, 0.1) is 5.92 Å². The van der Waals surface area contributed by atoms with Crippen molar-refractivity contribution in [3.63, 3.8) is 0 Å². The molecule has 1 saturated heterocycles. The van der Waals surface area contributed by atoms with Crippen LogP contribution in [0.3, 0.4) is 0 Å². The number of ether oxygens (including phenoxy) is 1. The molecule has 0 aliphatic carbocycles. The van der Waals surface area contributed by atoms with Crippen molar-refractivity contribution in [2.24, 2.45) is 11.8 Å². The highest BCUT2D eigenvalue weighted by molar-refractivity contribution is 4.91. The van der Waals surface area contributed by atoms with Crippen LogP contribution in [0.2, 0.25) is 0 Å². The van der Waals surface area contributed by atoms with Gasteiger partial charge in [0, 0.05) is 18.6 Å². The van der Waals surface area contributed by atoms with Gasteiger partial charge in [-0.3, -0.25) is 11.3 Å². The molecular weight excluding hydrogens is 176 g/mol. The molecule has 1 aliphatic heterocycles. The van der Waals surface area contributed by atoms with E-state index in [4.69, 9.17) is 10.6 Å². The fraction of sp³-hybridized carbons (Fsp3) is 0.818. The first-order valence-electron chi connectivity index (χ1n) is 5.37. The predicted octanol–water partition coefficient (Wildman–Crippen LogP) is 1.60. The number of nitrogens with two attached hydrogens (primary N) is 1. The van der Waals surface area contributed by atoms with Gasteiger partial charge < -0.3 is 4.74 Å². The van der Waals surface area contributed by atoms with Gasteiger partial charge in [0.1, 0.15) is 0 Å². The monoisotopic (exact) mass is 198 g/mol. The Kier molecular flexibility index (Phi) is 4.58. The van der Waals surface area contributed by atoms with Crippen LogP contribution in [0.15, 0.2) is 12.2 Å². The molecule has 3 heteroatoms. The van der Waals surface area contributed by atoms with Crippen LogP contribution in [-0.4, -0.2) is 18.8 Å². The van der Waals surface area contributed by atoms with Gasteiger partial charge in [-0.15, -0.1) is 6.58 Å². The van der Waals surface area contributed by atoms with Crippen molar-refractivity contribution in [2.75, 3.05) is 6.61 Å². The molecule has 0 amide bonds. The summed E-state index contributed by atoms with van der Waals surface area (Å²) in [5.41, 5.74) is 4.13. The molecule has 0 spiro atoms. The minimum absolute atomic E-state index is 0.334. The van der Waals surface area contributed by atoms with Gasteiger partial charge in [0.05, 0.1) is 6.10 Å². The highest BCUT2D eigenvalue weighted by Gasteiger charge is 2.30. The lowest BCUT2D eigenvalue weighted by molar-refractivity contribution is 0.0943. The lowest BCUT2D eigenvalue weighted by Crippen LogP contribution is -2.43. The normalized spacial score (nSPS) is 29.1. The zero-order valence-electron chi connectivity index (χ0n) is 9.25. The summed E-state index contributed by atoms with van der Waals surface area (Å²) in [5.74, 6) is 6.12. The molecule has 0 bridgehead atoms. The summed E-state index contributed by atoms with van der Waals surface area (Å²) < 4.78 is 5.54.